The summed E-state index contributed by atoms with van der Waals surface area (Å²) >= 11 is 0. The van der Waals surface area contributed by atoms with Crippen molar-refractivity contribution in [3.63, 3.8) is 0 Å². The molecule has 2 rings (SSSR count). The van der Waals surface area contributed by atoms with E-state index in [1.807, 2.05) is 0 Å². The Balaban J connectivity index is 1.97. The summed E-state index contributed by atoms with van der Waals surface area (Å²) in [5.41, 5.74) is 0. The highest BCUT2D eigenvalue weighted by Crippen LogP contribution is 2.28. The van der Waals surface area contributed by atoms with Crippen LogP contribution in [0, 0.1) is 0 Å². The van der Waals surface area contributed by atoms with Crippen LogP contribution in [0.5, 0.6) is 0 Å². The van der Waals surface area contributed by atoms with Gasteiger partial charge in [0.25, 0.3) is 0 Å². The van der Waals surface area contributed by atoms with E-state index in [1.54, 1.807) is 0 Å². The van der Waals surface area contributed by atoms with Crippen molar-refractivity contribution in [1.82, 2.24) is 4.90 Å². The number of aliphatic hydroxyl groups is 1. The topological polar surface area (TPSA) is 49.8 Å². The zero-order chi connectivity index (χ0) is 9.97. The highest BCUT2D eigenvalue weighted by atomic mass is 16.5. The second-order valence-corrected chi connectivity index (χ2v) is 4.02. The fourth-order valence-corrected chi connectivity index (χ4v) is 2.21. The Morgan fingerprint density at radius 1 is 1.43 bits per heavy atom. The minimum absolute atomic E-state index is 0.0903. The lowest BCUT2D eigenvalue weighted by Crippen LogP contribution is -2.49. The first kappa shape index (κ1) is 9.93. The molecular weight excluding hydrogens is 182 g/mol. The molecule has 1 aliphatic carbocycles. The summed E-state index contributed by atoms with van der Waals surface area (Å²) in [5, 5.41) is 8.96. The molecule has 0 bridgehead atoms. The van der Waals surface area contributed by atoms with E-state index in [9.17, 15) is 4.79 Å². The van der Waals surface area contributed by atoms with Crippen molar-refractivity contribution in [2.45, 2.75) is 37.8 Å². The van der Waals surface area contributed by atoms with E-state index in [1.165, 1.54) is 6.42 Å². The first-order chi connectivity index (χ1) is 6.83. The summed E-state index contributed by atoms with van der Waals surface area (Å²) in [7, 11) is 0. The normalized spacial score (nSPS) is 27.9. The van der Waals surface area contributed by atoms with Crippen LogP contribution in [-0.4, -0.2) is 47.8 Å². The fourth-order valence-electron chi connectivity index (χ4n) is 2.21. The Morgan fingerprint density at radius 2 is 2.21 bits per heavy atom. The van der Waals surface area contributed by atoms with Crippen LogP contribution in [-0.2, 0) is 9.53 Å². The van der Waals surface area contributed by atoms with Crippen molar-refractivity contribution in [1.29, 1.82) is 0 Å². The van der Waals surface area contributed by atoms with Crippen molar-refractivity contribution in [2.75, 3.05) is 19.8 Å². The number of nitrogens with zero attached hydrogens (tertiary/aromatic N) is 1. The third kappa shape index (κ3) is 1.77. The average molecular weight is 199 g/mol. The lowest BCUT2D eigenvalue weighted by molar-refractivity contribution is -0.143. The first-order valence-electron chi connectivity index (χ1n) is 5.36. The number of hydrogen-bond donors (Lipinski definition) is 1. The summed E-state index contributed by atoms with van der Waals surface area (Å²) in [6.07, 6.45) is 4.34. The van der Waals surface area contributed by atoms with Gasteiger partial charge in [-0.05, 0) is 12.8 Å². The van der Waals surface area contributed by atoms with Crippen LogP contribution in [0.15, 0.2) is 0 Å². The monoisotopic (exact) mass is 199 g/mol. The van der Waals surface area contributed by atoms with Crippen LogP contribution in [0.1, 0.15) is 25.7 Å². The molecule has 0 aromatic rings. The predicted molar refractivity (Wildman–Crippen MR) is 50.8 cm³/mol. The largest absolute Gasteiger partial charge is 0.464 e. The summed E-state index contributed by atoms with van der Waals surface area (Å²) in [5.74, 6) is -0.106. The SMILES string of the molecule is O=C1OCCC1N(CCO)C1CCC1. The number of hydrogen-bond acceptors (Lipinski definition) is 4. The second-order valence-electron chi connectivity index (χ2n) is 4.02. The minimum atomic E-state index is -0.106. The molecular formula is C10H17NO3. The van der Waals surface area contributed by atoms with E-state index < -0.39 is 0 Å². The van der Waals surface area contributed by atoms with Crippen molar-refractivity contribution in [3.8, 4) is 0 Å². The van der Waals surface area contributed by atoms with Gasteiger partial charge in [0, 0.05) is 19.0 Å². The molecule has 4 heteroatoms. The molecule has 1 unspecified atom stereocenters. The quantitative estimate of drug-likeness (QED) is 0.655. The third-order valence-electron chi connectivity index (χ3n) is 3.21. The minimum Gasteiger partial charge on any atom is -0.464 e. The Morgan fingerprint density at radius 3 is 2.64 bits per heavy atom. The summed E-state index contributed by atoms with van der Waals surface area (Å²) < 4.78 is 4.95. The molecule has 1 N–H and O–H groups in total. The molecule has 4 nitrogen and oxygen atoms in total. The maximum absolute atomic E-state index is 11.4. The molecule has 0 radical (unpaired) electrons. The van der Waals surface area contributed by atoms with E-state index in [0.29, 0.717) is 19.2 Å². The Hall–Kier alpha value is -0.610. The van der Waals surface area contributed by atoms with Gasteiger partial charge in [0.1, 0.15) is 6.04 Å². The molecule has 14 heavy (non-hydrogen) atoms. The van der Waals surface area contributed by atoms with Crippen molar-refractivity contribution < 1.29 is 14.6 Å². The van der Waals surface area contributed by atoms with Crippen LogP contribution in [0.3, 0.4) is 0 Å². The fraction of sp³-hybridized carbons (Fsp3) is 0.900. The van der Waals surface area contributed by atoms with Gasteiger partial charge in [0.05, 0.1) is 13.2 Å². The van der Waals surface area contributed by atoms with Gasteiger partial charge in [-0.2, -0.15) is 0 Å². The molecule has 2 aliphatic rings. The number of aliphatic hydroxyl groups excluding tert-OH is 1. The van der Waals surface area contributed by atoms with E-state index in [2.05, 4.69) is 4.90 Å². The number of carbonyl (C=O) groups excluding carboxylic acids is 1. The zero-order valence-electron chi connectivity index (χ0n) is 8.32. The molecule has 80 valence electrons. The smallest absolute Gasteiger partial charge is 0.323 e. The van der Waals surface area contributed by atoms with E-state index in [4.69, 9.17) is 9.84 Å². The number of rotatable bonds is 4. The van der Waals surface area contributed by atoms with Crippen LogP contribution >= 0.6 is 0 Å². The molecule has 1 aliphatic heterocycles. The number of ether oxygens (including phenoxy) is 1. The van der Waals surface area contributed by atoms with Crippen LogP contribution in [0.2, 0.25) is 0 Å². The lowest BCUT2D eigenvalue weighted by atomic mass is 9.90. The van der Waals surface area contributed by atoms with Crippen molar-refractivity contribution >= 4 is 5.97 Å². The molecule has 0 amide bonds. The van der Waals surface area contributed by atoms with E-state index >= 15 is 0 Å². The highest BCUT2D eigenvalue weighted by Gasteiger charge is 2.37. The van der Waals surface area contributed by atoms with Gasteiger partial charge in [-0.1, -0.05) is 6.42 Å². The average Bonchev–Trinajstić information content (AvgIpc) is 2.47. The van der Waals surface area contributed by atoms with Crippen molar-refractivity contribution in [2.24, 2.45) is 0 Å². The zero-order valence-corrected chi connectivity index (χ0v) is 8.32. The standard InChI is InChI=1S/C10H17NO3/c12-6-5-11(8-2-1-3-8)9-4-7-14-10(9)13/h8-9,12H,1-7H2. The van der Waals surface area contributed by atoms with Gasteiger partial charge in [0.2, 0.25) is 0 Å². The maximum Gasteiger partial charge on any atom is 0.323 e. The second kappa shape index (κ2) is 4.28. The van der Waals surface area contributed by atoms with Gasteiger partial charge < -0.3 is 9.84 Å². The van der Waals surface area contributed by atoms with Gasteiger partial charge in [-0.25, -0.2) is 0 Å². The molecule has 0 aromatic carbocycles. The van der Waals surface area contributed by atoms with E-state index in [-0.39, 0.29) is 18.6 Å². The van der Waals surface area contributed by atoms with Crippen LogP contribution in [0.25, 0.3) is 0 Å². The molecule has 1 atom stereocenters. The first-order valence-corrected chi connectivity index (χ1v) is 5.36. The van der Waals surface area contributed by atoms with E-state index in [0.717, 1.165) is 19.3 Å². The van der Waals surface area contributed by atoms with Crippen LogP contribution in [0.4, 0.5) is 0 Å². The number of carbonyl (C=O) groups is 1. The summed E-state index contributed by atoms with van der Waals surface area (Å²) in [6, 6.07) is 0.408. The lowest BCUT2D eigenvalue weighted by Gasteiger charge is -2.39. The van der Waals surface area contributed by atoms with Crippen molar-refractivity contribution in [3.05, 3.63) is 0 Å². The Labute approximate surface area is 83.8 Å². The van der Waals surface area contributed by atoms with Gasteiger partial charge in [-0.15, -0.1) is 0 Å². The summed E-state index contributed by atoms with van der Waals surface area (Å²) in [6.45, 7) is 1.27. The molecule has 0 aromatic heterocycles. The highest BCUT2D eigenvalue weighted by molar-refractivity contribution is 5.77. The number of esters is 1. The van der Waals surface area contributed by atoms with Gasteiger partial charge in [0.15, 0.2) is 0 Å². The Kier molecular flexibility index (Phi) is 3.03. The van der Waals surface area contributed by atoms with Crippen LogP contribution < -0.4 is 0 Å². The maximum atomic E-state index is 11.4. The Bertz CT molecular complexity index is 215. The third-order valence-corrected chi connectivity index (χ3v) is 3.21. The summed E-state index contributed by atoms with van der Waals surface area (Å²) in [4.78, 5) is 13.5. The molecule has 1 saturated heterocycles. The predicted octanol–water partition coefficient (Wildman–Crippen LogP) is 0.149. The van der Waals surface area contributed by atoms with Gasteiger partial charge in [-0.3, -0.25) is 9.69 Å². The molecule has 2 fully saturated rings. The molecule has 1 saturated carbocycles. The van der Waals surface area contributed by atoms with Gasteiger partial charge >= 0.3 is 5.97 Å². The molecule has 0 spiro atoms. The molecule has 1 heterocycles. The number of cyclic esters (lactones) is 1.